The van der Waals surface area contributed by atoms with Crippen LogP contribution in [-0.2, 0) is 0 Å². The lowest BCUT2D eigenvalue weighted by atomic mass is 9.93. The van der Waals surface area contributed by atoms with Gasteiger partial charge >= 0.3 is 0 Å². The van der Waals surface area contributed by atoms with Crippen molar-refractivity contribution in [2.24, 2.45) is 5.92 Å². The number of rotatable bonds is 2. The average Bonchev–Trinajstić information content (AvgIpc) is 2.22. The summed E-state index contributed by atoms with van der Waals surface area (Å²) in [5.41, 5.74) is 4.70. The van der Waals surface area contributed by atoms with Crippen molar-refractivity contribution in [2.75, 3.05) is 20.7 Å². The maximum absolute atomic E-state index is 5.69. The van der Waals surface area contributed by atoms with Crippen LogP contribution in [-0.4, -0.2) is 25.7 Å². The van der Waals surface area contributed by atoms with Crippen molar-refractivity contribution >= 4 is 0 Å². The minimum atomic E-state index is 0.352. The van der Waals surface area contributed by atoms with E-state index in [-0.39, 0.29) is 0 Å². The fourth-order valence-electron chi connectivity index (χ4n) is 1.97. The number of nitrogens with zero attached hydrogens (tertiary/aromatic N) is 1. The molecule has 1 aliphatic rings. The van der Waals surface area contributed by atoms with E-state index in [0.29, 0.717) is 12.0 Å². The van der Waals surface area contributed by atoms with Crippen molar-refractivity contribution in [3.63, 3.8) is 0 Å². The van der Waals surface area contributed by atoms with Crippen molar-refractivity contribution < 1.29 is 4.74 Å². The van der Waals surface area contributed by atoms with Crippen LogP contribution in [0.1, 0.15) is 18.5 Å². The lowest BCUT2D eigenvalue weighted by Gasteiger charge is -2.34. The maximum Gasteiger partial charge on any atom is 0.124 e. The van der Waals surface area contributed by atoms with Crippen LogP contribution >= 0.6 is 0 Å². The molecule has 1 heterocycles. The Bertz CT molecular complexity index is 338. The molecule has 0 aliphatic carbocycles. The van der Waals surface area contributed by atoms with E-state index >= 15 is 0 Å². The van der Waals surface area contributed by atoms with E-state index in [1.165, 1.54) is 5.56 Å². The van der Waals surface area contributed by atoms with Gasteiger partial charge in [-0.05, 0) is 6.07 Å². The average molecular weight is 206 g/mol. The second-order valence-corrected chi connectivity index (χ2v) is 4.33. The van der Waals surface area contributed by atoms with Crippen molar-refractivity contribution in [2.45, 2.75) is 13.0 Å². The van der Waals surface area contributed by atoms with Gasteiger partial charge in [-0.3, -0.25) is 5.01 Å². The molecule has 0 saturated carbocycles. The minimum absolute atomic E-state index is 0.352. The first-order valence-electron chi connectivity index (χ1n) is 5.33. The van der Waals surface area contributed by atoms with Gasteiger partial charge in [0.25, 0.3) is 0 Å². The zero-order valence-electron chi connectivity index (χ0n) is 9.53. The van der Waals surface area contributed by atoms with E-state index in [0.717, 1.165) is 12.4 Å². The van der Waals surface area contributed by atoms with E-state index in [4.69, 9.17) is 4.74 Å². The van der Waals surface area contributed by atoms with Gasteiger partial charge in [0.1, 0.15) is 5.75 Å². The lowest BCUT2D eigenvalue weighted by Crippen LogP contribution is -2.41. The number of ether oxygens (including phenoxy) is 1. The Kier molecular flexibility index (Phi) is 2.93. The highest BCUT2D eigenvalue weighted by molar-refractivity contribution is 5.37. The van der Waals surface area contributed by atoms with Crippen molar-refractivity contribution in [1.82, 2.24) is 10.4 Å². The molecule has 0 bridgehead atoms. The first-order valence-corrected chi connectivity index (χ1v) is 5.33. The number of hydrogen-bond donors (Lipinski definition) is 1. The molecule has 2 unspecified atom stereocenters. The first-order chi connectivity index (χ1) is 7.18. The highest BCUT2D eigenvalue weighted by atomic mass is 16.5. The third-order valence-electron chi connectivity index (χ3n) is 2.72. The van der Waals surface area contributed by atoms with Crippen molar-refractivity contribution in [3.05, 3.63) is 29.8 Å². The van der Waals surface area contributed by atoms with Gasteiger partial charge in [0, 0.05) is 25.6 Å². The molecule has 2 rings (SSSR count). The molecule has 0 radical (unpaired) electrons. The smallest absolute Gasteiger partial charge is 0.124 e. The fourth-order valence-corrected chi connectivity index (χ4v) is 1.97. The summed E-state index contributed by atoms with van der Waals surface area (Å²) in [7, 11) is 4.04. The number of hydrogen-bond acceptors (Lipinski definition) is 3. The van der Waals surface area contributed by atoms with Crippen molar-refractivity contribution in [3.8, 4) is 5.75 Å². The summed E-state index contributed by atoms with van der Waals surface area (Å²) >= 11 is 0. The lowest BCUT2D eigenvalue weighted by molar-refractivity contribution is 0.134. The Morgan fingerprint density at radius 1 is 1.33 bits per heavy atom. The Labute approximate surface area is 91.0 Å². The summed E-state index contributed by atoms with van der Waals surface area (Å²) in [6.45, 7) is 2.99. The first kappa shape index (κ1) is 10.5. The van der Waals surface area contributed by atoms with Crippen LogP contribution < -0.4 is 10.2 Å². The molecule has 82 valence electrons. The monoisotopic (exact) mass is 206 g/mol. The van der Waals surface area contributed by atoms with Crippen LogP contribution in [0.25, 0.3) is 0 Å². The van der Waals surface area contributed by atoms with Crippen LogP contribution in [0.15, 0.2) is 24.3 Å². The van der Waals surface area contributed by atoms with Crippen LogP contribution in [0.4, 0.5) is 0 Å². The van der Waals surface area contributed by atoms with Crippen molar-refractivity contribution in [1.29, 1.82) is 0 Å². The second-order valence-electron chi connectivity index (χ2n) is 4.33. The Morgan fingerprint density at radius 2 is 2.07 bits per heavy atom. The molecule has 0 aromatic heterocycles. The van der Waals surface area contributed by atoms with E-state index in [1.54, 1.807) is 0 Å². The molecule has 0 spiro atoms. The summed E-state index contributed by atoms with van der Waals surface area (Å²) in [6.07, 6.45) is 0. The normalized spacial score (nSPS) is 24.8. The second kappa shape index (κ2) is 4.21. The summed E-state index contributed by atoms with van der Waals surface area (Å²) < 4.78 is 5.69. The third-order valence-corrected chi connectivity index (χ3v) is 2.72. The number of benzene rings is 1. The third kappa shape index (κ3) is 2.13. The van der Waals surface area contributed by atoms with Gasteiger partial charge in [-0.1, -0.05) is 25.1 Å². The molecule has 1 N–H and O–H groups in total. The largest absolute Gasteiger partial charge is 0.493 e. The van der Waals surface area contributed by atoms with Crippen LogP contribution in [0.5, 0.6) is 5.75 Å². The summed E-state index contributed by atoms with van der Waals surface area (Å²) in [6, 6.07) is 8.59. The highest BCUT2D eigenvalue weighted by Gasteiger charge is 2.27. The molecular weight excluding hydrogens is 188 g/mol. The van der Waals surface area contributed by atoms with Gasteiger partial charge in [0.2, 0.25) is 0 Å². The van der Waals surface area contributed by atoms with E-state index in [2.05, 4.69) is 24.5 Å². The van der Waals surface area contributed by atoms with Gasteiger partial charge in [0.05, 0.1) is 12.6 Å². The zero-order valence-corrected chi connectivity index (χ0v) is 9.53. The van der Waals surface area contributed by atoms with Gasteiger partial charge in [-0.15, -0.1) is 0 Å². The molecule has 1 aliphatic heterocycles. The topological polar surface area (TPSA) is 24.5 Å². The van der Waals surface area contributed by atoms with Gasteiger partial charge in [-0.25, -0.2) is 5.43 Å². The molecule has 1 aromatic carbocycles. The predicted molar refractivity (Wildman–Crippen MR) is 60.7 cm³/mol. The Hall–Kier alpha value is -1.06. The van der Waals surface area contributed by atoms with E-state index in [9.17, 15) is 0 Å². The van der Waals surface area contributed by atoms with Crippen LogP contribution in [0, 0.1) is 5.92 Å². The van der Waals surface area contributed by atoms with E-state index in [1.807, 2.05) is 31.2 Å². The van der Waals surface area contributed by atoms with Gasteiger partial charge in [0.15, 0.2) is 0 Å². The molecule has 0 saturated heterocycles. The molecule has 15 heavy (non-hydrogen) atoms. The standard InChI is InChI=1S/C12H18N2O/c1-9-8-15-11-7-5-4-6-10(11)12(9)13-14(2)3/h4-7,9,12-13H,8H2,1-3H3. The summed E-state index contributed by atoms with van der Waals surface area (Å²) in [4.78, 5) is 0. The number of hydrazine groups is 1. The molecule has 0 fully saturated rings. The SMILES string of the molecule is CC1COc2ccccc2C1NN(C)C. The Balaban J connectivity index is 2.28. The maximum atomic E-state index is 5.69. The molecule has 2 atom stereocenters. The predicted octanol–water partition coefficient (Wildman–Crippen LogP) is 1.82. The molecule has 3 nitrogen and oxygen atoms in total. The minimum Gasteiger partial charge on any atom is -0.493 e. The molecule has 0 amide bonds. The van der Waals surface area contributed by atoms with Gasteiger partial charge in [-0.2, -0.15) is 0 Å². The number of nitrogens with one attached hydrogen (secondary N) is 1. The zero-order chi connectivity index (χ0) is 10.8. The summed E-state index contributed by atoms with van der Waals surface area (Å²) in [5, 5.41) is 2.00. The number of para-hydroxylation sites is 1. The Morgan fingerprint density at radius 3 is 2.80 bits per heavy atom. The summed E-state index contributed by atoms with van der Waals surface area (Å²) in [5.74, 6) is 1.50. The number of fused-ring (bicyclic) bond motifs is 1. The van der Waals surface area contributed by atoms with Crippen LogP contribution in [0.3, 0.4) is 0 Å². The quantitative estimate of drug-likeness (QED) is 0.747. The van der Waals surface area contributed by atoms with Crippen LogP contribution in [0.2, 0.25) is 0 Å². The molecule has 1 aromatic rings. The molecule has 3 heteroatoms. The van der Waals surface area contributed by atoms with E-state index < -0.39 is 0 Å². The highest BCUT2D eigenvalue weighted by Crippen LogP contribution is 2.34. The van der Waals surface area contributed by atoms with Gasteiger partial charge < -0.3 is 4.74 Å². The fraction of sp³-hybridized carbons (Fsp3) is 0.500. The molecular formula is C12H18N2O.